The van der Waals surface area contributed by atoms with Crippen LogP contribution in [0.2, 0.25) is 0 Å². The van der Waals surface area contributed by atoms with Crippen LogP contribution in [0.15, 0.2) is 36.5 Å². The zero-order chi connectivity index (χ0) is 15.0. The number of para-hydroxylation sites is 1. The topological polar surface area (TPSA) is 30.7 Å². The number of pyridine rings is 1. The molecule has 0 spiro atoms. The average Bonchev–Trinajstić information content (AvgIpc) is 2.82. The van der Waals surface area contributed by atoms with Crippen molar-refractivity contribution >= 4 is 22.6 Å². The quantitative estimate of drug-likeness (QED) is 0.678. The van der Waals surface area contributed by atoms with Crippen molar-refractivity contribution < 1.29 is 4.39 Å². The molecule has 0 fully saturated rings. The SMILES string of the molecule is Cc1ccc(Cn2c(C(C)Cl)nc3c(F)cccc32)cn1. The summed E-state index contributed by atoms with van der Waals surface area (Å²) in [5.74, 6) is 0.337. The molecule has 108 valence electrons. The Morgan fingerprint density at radius 2 is 2.10 bits per heavy atom. The van der Waals surface area contributed by atoms with Gasteiger partial charge in [-0.05, 0) is 37.6 Å². The Bertz CT molecular complexity index is 778. The third-order valence-corrected chi connectivity index (χ3v) is 3.62. The van der Waals surface area contributed by atoms with E-state index >= 15 is 0 Å². The van der Waals surface area contributed by atoms with Gasteiger partial charge in [-0.1, -0.05) is 12.1 Å². The number of aryl methyl sites for hydroxylation is 1. The van der Waals surface area contributed by atoms with Crippen LogP contribution in [0.1, 0.15) is 29.4 Å². The molecule has 0 aliphatic heterocycles. The van der Waals surface area contributed by atoms with Gasteiger partial charge in [0.2, 0.25) is 0 Å². The number of aromatic nitrogens is 3. The zero-order valence-corrected chi connectivity index (χ0v) is 12.6. The van der Waals surface area contributed by atoms with Crippen LogP contribution in [-0.2, 0) is 6.54 Å². The van der Waals surface area contributed by atoms with Crippen molar-refractivity contribution in [2.24, 2.45) is 0 Å². The van der Waals surface area contributed by atoms with Crippen LogP contribution in [-0.4, -0.2) is 14.5 Å². The summed E-state index contributed by atoms with van der Waals surface area (Å²) in [5, 5.41) is -0.296. The van der Waals surface area contributed by atoms with Gasteiger partial charge in [0.15, 0.2) is 5.82 Å². The van der Waals surface area contributed by atoms with E-state index in [0.29, 0.717) is 17.9 Å². The molecule has 3 nitrogen and oxygen atoms in total. The van der Waals surface area contributed by atoms with Crippen LogP contribution in [0.25, 0.3) is 11.0 Å². The smallest absolute Gasteiger partial charge is 0.151 e. The maximum atomic E-state index is 13.9. The Hall–Kier alpha value is -1.94. The van der Waals surface area contributed by atoms with E-state index in [4.69, 9.17) is 11.6 Å². The number of hydrogen-bond acceptors (Lipinski definition) is 2. The normalized spacial score (nSPS) is 12.8. The predicted molar refractivity (Wildman–Crippen MR) is 82.0 cm³/mol. The Morgan fingerprint density at radius 1 is 1.29 bits per heavy atom. The predicted octanol–water partition coefficient (Wildman–Crippen LogP) is 4.23. The van der Waals surface area contributed by atoms with Crippen LogP contribution in [0.5, 0.6) is 0 Å². The highest BCUT2D eigenvalue weighted by molar-refractivity contribution is 6.20. The summed E-state index contributed by atoms with van der Waals surface area (Å²) in [6.07, 6.45) is 1.82. The summed E-state index contributed by atoms with van der Waals surface area (Å²) < 4.78 is 15.9. The molecule has 3 rings (SSSR count). The number of benzene rings is 1. The number of rotatable bonds is 3. The fraction of sp³-hybridized carbons (Fsp3) is 0.250. The summed E-state index contributed by atoms with van der Waals surface area (Å²) in [4.78, 5) is 8.65. The molecule has 21 heavy (non-hydrogen) atoms. The van der Waals surface area contributed by atoms with Crippen molar-refractivity contribution in [3.63, 3.8) is 0 Å². The highest BCUT2D eigenvalue weighted by atomic mass is 35.5. The number of alkyl halides is 1. The molecule has 0 radical (unpaired) electrons. The van der Waals surface area contributed by atoms with Crippen molar-refractivity contribution in [1.29, 1.82) is 0 Å². The van der Waals surface area contributed by atoms with Gasteiger partial charge in [0.25, 0.3) is 0 Å². The van der Waals surface area contributed by atoms with Gasteiger partial charge < -0.3 is 4.57 Å². The van der Waals surface area contributed by atoms with E-state index in [0.717, 1.165) is 16.8 Å². The Balaban J connectivity index is 2.13. The fourth-order valence-corrected chi connectivity index (χ4v) is 2.54. The molecule has 2 heterocycles. The third kappa shape index (κ3) is 2.63. The third-order valence-electron chi connectivity index (χ3n) is 3.43. The summed E-state index contributed by atoms with van der Waals surface area (Å²) in [6.45, 7) is 4.35. The first-order valence-electron chi connectivity index (χ1n) is 6.76. The molecule has 2 aromatic heterocycles. The van der Waals surface area contributed by atoms with Gasteiger partial charge in [0.05, 0.1) is 17.4 Å². The lowest BCUT2D eigenvalue weighted by molar-refractivity contribution is 0.637. The van der Waals surface area contributed by atoms with Gasteiger partial charge >= 0.3 is 0 Å². The lowest BCUT2D eigenvalue weighted by atomic mass is 10.2. The number of imidazole rings is 1. The monoisotopic (exact) mass is 303 g/mol. The second-order valence-electron chi connectivity index (χ2n) is 5.09. The fourth-order valence-electron chi connectivity index (χ4n) is 2.38. The Morgan fingerprint density at radius 3 is 2.76 bits per heavy atom. The maximum absolute atomic E-state index is 13.9. The van der Waals surface area contributed by atoms with Crippen molar-refractivity contribution in [2.75, 3.05) is 0 Å². The molecule has 5 heteroatoms. The number of halogens is 2. The van der Waals surface area contributed by atoms with E-state index in [9.17, 15) is 4.39 Å². The highest BCUT2D eigenvalue weighted by Crippen LogP contribution is 2.26. The van der Waals surface area contributed by atoms with Gasteiger partial charge in [-0.25, -0.2) is 9.37 Å². The van der Waals surface area contributed by atoms with E-state index in [-0.39, 0.29) is 11.2 Å². The zero-order valence-electron chi connectivity index (χ0n) is 11.8. The molecule has 3 aromatic rings. The molecule has 0 saturated carbocycles. The van der Waals surface area contributed by atoms with Crippen LogP contribution in [0.4, 0.5) is 4.39 Å². The summed E-state index contributed by atoms with van der Waals surface area (Å²) in [7, 11) is 0. The minimum Gasteiger partial charge on any atom is -0.322 e. The molecular weight excluding hydrogens is 289 g/mol. The second kappa shape index (κ2) is 5.45. The molecule has 1 aromatic carbocycles. The lowest BCUT2D eigenvalue weighted by Gasteiger charge is -2.10. The summed E-state index contributed by atoms with van der Waals surface area (Å²) in [5.41, 5.74) is 3.10. The second-order valence-corrected chi connectivity index (χ2v) is 5.74. The molecule has 0 aliphatic carbocycles. The average molecular weight is 304 g/mol. The molecule has 0 saturated heterocycles. The van der Waals surface area contributed by atoms with Gasteiger partial charge in [0, 0.05) is 11.9 Å². The molecule has 0 N–H and O–H groups in total. The largest absolute Gasteiger partial charge is 0.322 e. The minimum absolute atomic E-state index is 0.296. The molecular formula is C16H15ClFN3. The lowest BCUT2D eigenvalue weighted by Crippen LogP contribution is -2.06. The van der Waals surface area contributed by atoms with Gasteiger partial charge in [-0.3, -0.25) is 4.98 Å². The molecule has 0 amide bonds. The number of hydrogen-bond donors (Lipinski definition) is 0. The van der Waals surface area contributed by atoms with Crippen molar-refractivity contribution in [1.82, 2.24) is 14.5 Å². The number of nitrogens with zero attached hydrogens (tertiary/aromatic N) is 3. The van der Waals surface area contributed by atoms with Crippen molar-refractivity contribution in [2.45, 2.75) is 25.8 Å². The molecule has 0 aliphatic rings. The van der Waals surface area contributed by atoms with Gasteiger partial charge in [0.1, 0.15) is 11.3 Å². The van der Waals surface area contributed by atoms with E-state index in [1.807, 2.05) is 42.8 Å². The maximum Gasteiger partial charge on any atom is 0.151 e. The Kier molecular flexibility index (Phi) is 3.64. The minimum atomic E-state index is -0.327. The Labute approximate surface area is 127 Å². The van der Waals surface area contributed by atoms with Crippen LogP contribution >= 0.6 is 11.6 Å². The molecule has 1 atom stereocenters. The van der Waals surface area contributed by atoms with E-state index in [2.05, 4.69) is 9.97 Å². The summed E-state index contributed by atoms with van der Waals surface area (Å²) >= 11 is 6.20. The van der Waals surface area contributed by atoms with Crippen LogP contribution < -0.4 is 0 Å². The van der Waals surface area contributed by atoms with Crippen molar-refractivity contribution in [3.05, 3.63) is 59.4 Å². The van der Waals surface area contributed by atoms with Gasteiger partial charge in [-0.2, -0.15) is 0 Å². The van der Waals surface area contributed by atoms with E-state index in [1.165, 1.54) is 6.07 Å². The first-order chi connectivity index (χ1) is 10.1. The first kappa shape index (κ1) is 14.0. The first-order valence-corrected chi connectivity index (χ1v) is 7.20. The molecule has 1 unspecified atom stereocenters. The van der Waals surface area contributed by atoms with Crippen molar-refractivity contribution in [3.8, 4) is 0 Å². The van der Waals surface area contributed by atoms with Crippen LogP contribution in [0, 0.1) is 12.7 Å². The van der Waals surface area contributed by atoms with Gasteiger partial charge in [-0.15, -0.1) is 11.6 Å². The molecule has 0 bridgehead atoms. The highest BCUT2D eigenvalue weighted by Gasteiger charge is 2.17. The summed E-state index contributed by atoms with van der Waals surface area (Å²) in [6, 6.07) is 8.92. The van der Waals surface area contributed by atoms with Crippen LogP contribution in [0.3, 0.4) is 0 Å². The van der Waals surface area contributed by atoms with E-state index in [1.54, 1.807) is 6.07 Å². The standard InChI is InChI=1S/C16H15ClFN3/c1-10-6-7-12(8-19-10)9-21-14-5-3-4-13(18)15(14)20-16(21)11(2)17/h3-8,11H,9H2,1-2H3. The van der Waals surface area contributed by atoms with E-state index < -0.39 is 0 Å². The number of fused-ring (bicyclic) bond motifs is 1.